The van der Waals surface area contributed by atoms with Gasteiger partial charge in [-0.1, -0.05) is 31.5 Å². The third kappa shape index (κ3) is 5.11. The first-order valence-corrected chi connectivity index (χ1v) is 10.8. The molecule has 0 heterocycles. The van der Waals surface area contributed by atoms with Crippen molar-refractivity contribution in [2.24, 2.45) is 0 Å². The second-order valence-electron chi connectivity index (χ2n) is 6.63. The molecule has 0 unspecified atom stereocenters. The van der Waals surface area contributed by atoms with Gasteiger partial charge in [-0.2, -0.15) is 4.31 Å². The summed E-state index contributed by atoms with van der Waals surface area (Å²) in [6, 6.07) is 11.9. The summed E-state index contributed by atoms with van der Waals surface area (Å²) in [4.78, 5) is 12.6. The van der Waals surface area contributed by atoms with Gasteiger partial charge in [0, 0.05) is 18.8 Å². The van der Waals surface area contributed by atoms with Gasteiger partial charge in [-0.25, -0.2) is 8.42 Å². The summed E-state index contributed by atoms with van der Waals surface area (Å²) in [5, 5.41) is 2.76. The zero-order valence-corrected chi connectivity index (χ0v) is 17.8. The highest BCUT2D eigenvalue weighted by molar-refractivity contribution is 7.89. The van der Waals surface area contributed by atoms with E-state index in [1.807, 2.05) is 32.0 Å². The first kappa shape index (κ1) is 21.9. The van der Waals surface area contributed by atoms with Crippen molar-refractivity contribution in [1.82, 2.24) is 4.31 Å². The molecule has 1 atom stereocenters. The molecular weight excluding hydrogens is 376 g/mol. The van der Waals surface area contributed by atoms with Crippen molar-refractivity contribution < 1.29 is 17.9 Å². The van der Waals surface area contributed by atoms with Crippen LogP contribution in [0.2, 0.25) is 0 Å². The lowest BCUT2D eigenvalue weighted by Crippen LogP contribution is -2.31. The first-order chi connectivity index (χ1) is 13.2. The molecule has 2 aromatic carbocycles. The van der Waals surface area contributed by atoms with Crippen LogP contribution in [0.25, 0.3) is 0 Å². The fraction of sp³-hybridized carbons (Fsp3) is 0.381. The summed E-state index contributed by atoms with van der Waals surface area (Å²) in [7, 11) is -3.52. The Hall–Kier alpha value is -2.38. The van der Waals surface area contributed by atoms with Crippen LogP contribution < -0.4 is 10.1 Å². The van der Waals surface area contributed by atoms with E-state index in [0.717, 1.165) is 11.1 Å². The predicted molar refractivity (Wildman–Crippen MR) is 111 cm³/mol. The Morgan fingerprint density at radius 2 is 1.68 bits per heavy atom. The molecule has 2 rings (SSSR count). The summed E-state index contributed by atoms with van der Waals surface area (Å²) in [6.07, 6.45) is -0.694. The van der Waals surface area contributed by atoms with Crippen molar-refractivity contribution in [3.8, 4) is 5.75 Å². The lowest BCUT2D eigenvalue weighted by atomic mass is 10.1. The van der Waals surface area contributed by atoms with Crippen LogP contribution in [-0.2, 0) is 14.8 Å². The Kier molecular flexibility index (Phi) is 7.21. The summed E-state index contributed by atoms with van der Waals surface area (Å²) in [5.74, 6) is 0.355. The highest BCUT2D eigenvalue weighted by Gasteiger charge is 2.22. The molecule has 0 fully saturated rings. The van der Waals surface area contributed by atoms with Crippen LogP contribution in [0.15, 0.2) is 47.4 Å². The third-order valence-electron chi connectivity index (χ3n) is 4.47. The van der Waals surface area contributed by atoms with Crippen molar-refractivity contribution in [3.05, 3.63) is 53.6 Å². The van der Waals surface area contributed by atoms with Gasteiger partial charge >= 0.3 is 0 Å². The molecular formula is C21H28N2O4S. The normalized spacial score (nSPS) is 12.6. The average Bonchev–Trinajstić information content (AvgIpc) is 2.65. The lowest BCUT2D eigenvalue weighted by molar-refractivity contribution is -0.122. The van der Waals surface area contributed by atoms with Crippen LogP contribution >= 0.6 is 0 Å². The molecule has 0 aliphatic heterocycles. The Bertz CT molecular complexity index is 920. The lowest BCUT2D eigenvalue weighted by Gasteiger charge is -2.19. The zero-order valence-electron chi connectivity index (χ0n) is 17.0. The van der Waals surface area contributed by atoms with Crippen molar-refractivity contribution in [2.45, 2.75) is 45.6 Å². The zero-order chi connectivity index (χ0) is 20.9. The molecule has 0 radical (unpaired) electrons. The Balaban J connectivity index is 2.06. The van der Waals surface area contributed by atoms with Gasteiger partial charge in [-0.3, -0.25) is 4.79 Å². The maximum Gasteiger partial charge on any atom is 0.265 e. The smallest absolute Gasteiger partial charge is 0.265 e. The van der Waals surface area contributed by atoms with Crippen molar-refractivity contribution in [1.29, 1.82) is 0 Å². The minimum absolute atomic E-state index is 0.203. The van der Waals surface area contributed by atoms with E-state index in [1.165, 1.54) is 16.4 Å². The molecule has 6 nitrogen and oxygen atoms in total. The van der Waals surface area contributed by atoms with E-state index in [4.69, 9.17) is 4.74 Å². The molecule has 0 bridgehead atoms. The number of nitrogens with zero attached hydrogens (tertiary/aromatic N) is 1. The molecule has 2 aromatic rings. The number of aryl methyl sites for hydroxylation is 2. The Labute approximate surface area is 167 Å². The summed E-state index contributed by atoms with van der Waals surface area (Å²) in [5.41, 5.74) is 2.60. The number of anilines is 1. The van der Waals surface area contributed by atoms with E-state index in [9.17, 15) is 13.2 Å². The highest BCUT2D eigenvalue weighted by atomic mass is 32.2. The van der Waals surface area contributed by atoms with Crippen LogP contribution in [0.4, 0.5) is 5.69 Å². The van der Waals surface area contributed by atoms with Crippen molar-refractivity contribution in [2.75, 3.05) is 18.4 Å². The molecule has 0 saturated heterocycles. The summed E-state index contributed by atoms with van der Waals surface area (Å²) >= 11 is 0. The summed E-state index contributed by atoms with van der Waals surface area (Å²) < 4.78 is 32.2. The van der Waals surface area contributed by atoms with Crippen molar-refractivity contribution in [3.63, 3.8) is 0 Å². The van der Waals surface area contributed by atoms with E-state index in [-0.39, 0.29) is 10.8 Å². The van der Waals surface area contributed by atoms with Gasteiger partial charge < -0.3 is 10.1 Å². The largest absolute Gasteiger partial charge is 0.481 e. The maximum atomic E-state index is 12.5. The number of sulfonamides is 1. The quantitative estimate of drug-likeness (QED) is 0.727. The second-order valence-corrected chi connectivity index (χ2v) is 8.57. The first-order valence-electron chi connectivity index (χ1n) is 9.34. The minimum Gasteiger partial charge on any atom is -0.481 e. The molecule has 1 N–H and O–H groups in total. The fourth-order valence-electron chi connectivity index (χ4n) is 2.84. The number of rotatable bonds is 8. The number of carbonyl (C=O) groups is 1. The standard InChI is InChI=1S/C21H28N2O4S/c1-6-23(7-2)28(25,26)19-11-9-18(10-12-19)22-21(24)17(5)27-20-13-8-15(3)14-16(20)4/h8-14,17H,6-7H2,1-5H3,(H,22,24)/t17-/m1/s1. The van der Waals surface area contributed by atoms with Crippen molar-refractivity contribution >= 4 is 21.6 Å². The molecule has 1 amide bonds. The van der Waals surface area contributed by atoms with Crippen LogP contribution in [0.1, 0.15) is 31.9 Å². The van der Waals surface area contributed by atoms with Crippen LogP contribution in [-0.4, -0.2) is 37.8 Å². The average molecular weight is 405 g/mol. The Morgan fingerprint density at radius 1 is 1.07 bits per heavy atom. The van der Waals surface area contributed by atoms with Gasteiger partial charge in [0.1, 0.15) is 5.75 Å². The molecule has 0 spiro atoms. The van der Waals surface area contributed by atoms with Crippen LogP contribution in [0.3, 0.4) is 0 Å². The summed E-state index contributed by atoms with van der Waals surface area (Å²) in [6.45, 7) is 10.0. The molecule has 0 aliphatic carbocycles. The molecule has 152 valence electrons. The van der Waals surface area contributed by atoms with Gasteiger partial charge in [0.05, 0.1) is 4.90 Å². The van der Waals surface area contributed by atoms with Crippen LogP contribution in [0.5, 0.6) is 5.75 Å². The van der Waals surface area contributed by atoms with E-state index in [1.54, 1.807) is 32.9 Å². The monoisotopic (exact) mass is 404 g/mol. The van der Waals surface area contributed by atoms with Crippen LogP contribution in [0, 0.1) is 13.8 Å². The number of amides is 1. The van der Waals surface area contributed by atoms with E-state index in [2.05, 4.69) is 5.32 Å². The molecule has 28 heavy (non-hydrogen) atoms. The van der Waals surface area contributed by atoms with E-state index < -0.39 is 16.1 Å². The van der Waals surface area contributed by atoms with E-state index in [0.29, 0.717) is 24.5 Å². The topological polar surface area (TPSA) is 75.7 Å². The molecule has 0 aromatic heterocycles. The number of hydrogen-bond donors (Lipinski definition) is 1. The molecule has 0 saturated carbocycles. The van der Waals surface area contributed by atoms with Gasteiger partial charge in [0.15, 0.2) is 6.10 Å². The van der Waals surface area contributed by atoms with Gasteiger partial charge in [-0.05, 0) is 56.7 Å². The number of carbonyl (C=O) groups excluding carboxylic acids is 1. The Morgan fingerprint density at radius 3 is 2.21 bits per heavy atom. The fourth-order valence-corrected chi connectivity index (χ4v) is 4.30. The number of nitrogens with one attached hydrogen (secondary N) is 1. The predicted octanol–water partition coefficient (Wildman–Crippen LogP) is 3.74. The molecule has 0 aliphatic rings. The van der Waals surface area contributed by atoms with Gasteiger partial charge in [0.25, 0.3) is 5.91 Å². The second kappa shape index (κ2) is 9.21. The van der Waals surface area contributed by atoms with Gasteiger partial charge in [0.2, 0.25) is 10.0 Å². The highest BCUT2D eigenvalue weighted by Crippen LogP contribution is 2.21. The maximum absolute atomic E-state index is 12.5. The number of hydrogen-bond acceptors (Lipinski definition) is 4. The van der Waals surface area contributed by atoms with Gasteiger partial charge in [-0.15, -0.1) is 0 Å². The minimum atomic E-state index is -3.52. The third-order valence-corrected chi connectivity index (χ3v) is 6.53. The van der Waals surface area contributed by atoms with E-state index >= 15 is 0 Å². The number of ether oxygens (including phenoxy) is 1. The molecule has 7 heteroatoms. The SMILES string of the molecule is CCN(CC)S(=O)(=O)c1ccc(NC(=O)[C@@H](C)Oc2ccc(C)cc2C)cc1. The number of benzene rings is 2.